The Morgan fingerprint density at radius 3 is 2.86 bits per heavy atom. The van der Waals surface area contributed by atoms with Crippen molar-refractivity contribution in [3.8, 4) is 0 Å². The third kappa shape index (κ3) is 10.3. The Morgan fingerprint density at radius 2 is 2.21 bits per heavy atom. The van der Waals surface area contributed by atoms with Crippen LogP contribution in [0.15, 0.2) is 0 Å². The lowest BCUT2D eigenvalue weighted by Crippen LogP contribution is -2.21. The van der Waals surface area contributed by atoms with E-state index >= 15 is 0 Å². The molecule has 14 heavy (non-hydrogen) atoms. The Balaban J connectivity index is 2.92. The topological polar surface area (TPSA) is 61.7 Å². The summed E-state index contributed by atoms with van der Waals surface area (Å²) in [4.78, 5) is 0. The van der Waals surface area contributed by atoms with Gasteiger partial charge in [-0.3, -0.25) is 0 Å². The van der Waals surface area contributed by atoms with Gasteiger partial charge in [0, 0.05) is 19.4 Å². The van der Waals surface area contributed by atoms with E-state index in [4.69, 9.17) is 14.9 Å². The molecule has 4 nitrogen and oxygen atoms in total. The van der Waals surface area contributed by atoms with Crippen LogP contribution in [-0.2, 0) is 4.74 Å². The Morgan fingerprint density at radius 1 is 1.43 bits per heavy atom. The molecule has 0 aromatic heterocycles. The van der Waals surface area contributed by atoms with Crippen LogP contribution in [0.2, 0.25) is 0 Å². The molecule has 0 rings (SSSR count). The van der Waals surface area contributed by atoms with E-state index in [0.717, 1.165) is 31.9 Å². The molecule has 5 heteroatoms. The first-order chi connectivity index (χ1) is 6.81. The summed E-state index contributed by atoms with van der Waals surface area (Å²) in [6, 6.07) is 0. The molecule has 0 saturated carbocycles. The molecular formula is C9H21NO3S. The summed E-state index contributed by atoms with van der Waals surface area (Å²) < 4.78 is 4.89. The first-order valence-corrected chi connectivity index (χ1v) is 6.03. The number of aliphatic hydroxyl groups is 2. The standard InChI is InChI=1S/C9H21NO3S/c1-13-5-4-10-3-2-6-14-8-9(12)7-11/h9-12H,2-8H2,1H3. The summed E-state index contributed by atoms with van der Waals surface area (Å²) in [5, 5.41) is 20.8. The first-order valence-electron chi connectivity index (χ1n) is 4.87. The average molecular weight is 223 g/mol. The van der Waals surface area contributed by atoms with E-state index in [9.17, 15) is 0 Å². The predicted molar refractivity (Wildman–Crippen MR) is 59.8 cm³/mol. The number of aliphatic hydroxyl groups excluding tert-OH is 2. The Hall–Kier alpha value is 0.190. The van der Waals surface area contributed by atoms with Gasteiger partial charge in [0.2, 0.25) is 0 Å². The summed E-state index contributed by atoms with van der Waals surface area (Å²) in [5.41, 5.74) is 0. The molecule has 86 valence electrons. The third-order valence-electron chi connectivity index (χ3n) is 1.65. The number of hydrogen-bond acceptors (Lipinski definition) is 5. The molecule has 0 aromatic rings. The van der Waals surface area contributed by atoms with E-state index in [-0.39, 0.29) is 6.61 Å². The zero-order valence-corrected chi connectivity index (χ0v) is 9.55. The molecule has 0 radical (unpaired) electrons. The molecule has 3 N–H and O–H groups in total. The second-order valence-corrected chi connectivity index (χ2v) is 4.16. The zero-order valence-electron chi connectivity index (χ0n) is 8.74. The van der Waals surface area contributed by atoms with Crippen molar-refractivity contribution in [3.05, 3.63) is 0 Å². The minimum Gasteiger partial charge on any atom is -0.394 e. The van der Waals surface area contributed by atoms with Crippen molar-refractivity contribution in [1.82, 2.24) is 5.32 Å². The lowest BCUT2D eigenvalue weighted by atomic mass is 10.4. The molecule has 0 aliphatic carbocycles. The molecule has 0 amide bonds. The Bertz CT molecular complexity index is 116. The molecule has 0 aromatic carbocycles. The van der Waals surface area contributed by atoms with Crippen LogP contribution in [0.4, 0.5) is 0 Å². The number of rotatable bonds is 10. The predicted octanol–water partition coefficient (Wildman–Crippen LogP) is -0.301. The molecule has 0 aliphatic heterocycles. The Labute approximate surface area is 90.0 Å². The maximum Gasteiger partial charge on any atom is 0.0861 e. The summed E-state index contributed by atoms with van der Waals surface area (Å²) in [6.07, 6.45) is 0.508. The van der Waals surface area contributed by atoms with Crippen LogP contribution in [0.25, 0.3) is 0 Å². The van der Waals surface area contributed by atoms with Crippen molar-refractivity contribution in [2.45, 2.75) is 12.5 Å². The fourth-order valence-electron chi connectivity index (χ4n) is 0.871. The fraction of sp³-hybridized carbons (Fsp3) is 1.00. The van der Waals surface area contributed by atoms with Crippen molar-refractivity contribution in [3.63, 3.8) is 0 Å². The summed E-state index contributed by atoms with van der Waals surface area (Å²) >= 11 is 1.67. The van der Waals surface area contributed by atoms with E-state index < -0.39 is 6.10 Å². The maximum atomic E-state index is 9.03. The monoisotopic (exact) mass is 223 g/mol. The van der Waals surface area contributed by atoms with Crippen molar-refractivity contribution >= 4 is 11.8 Å². The Kier molecular flexibility index (Phi) is 11.4. The van der Waals surface area contributed by atoms with E-state index in [1.807, 2.05) is 0 Å². The maximum absolute atomic E-state index is 9.03. The second kappa shape index (κ2) is 11.3. The van der Waals surface area contributed by atoms with Gasteiger partial charge >= 0.3 is 0 Å². The third-order valence-corrected chi connectivity index (χ3v) is 2.84. The van der Waals surface area contributed by atoms with Gasteiger partial charge in [0.15, 0.2) is 0 Å². The van der Waals surface area contributed by atoms with Gasteiger partial charge in [-0.15, -0.1) is 0 Å². The molecule has 0 aliphatic rings. The minimum atomic E-state index is -0.568. The van der Waals surface area contributed by atoms with Crippen LogP contribution < -0.4 is 5.32 Å². The minimum absolute atomic E-state index is 0.140. The van der Waals surface area contributed by atoms with Gasteiger partial charge in [0.25, 0.3) is 0 Å². The van der Waals surface area contributed by atoms with Crippen LogP contribution in [0.5, 0.6) is 0 Å². The van der Waals surface area contributed by atoms with Gasteiger partial charge in [-0.1, -0.05) is 0 Å². The van der Waals surface area contributed by atoms with Gasteiger partial charge in [0.05, 0.1) is 19.3 Å². The highest BCUT2D eigenvalue weighted by molar-refractivity contribution is 7.99. The van der Waals surface area contributed by atoms with E-state index in [0.29, 0.717) is 5.75 Å². The lowest BCUT2D eigenvalue weighted by Gasteiger charge is -2.06. The first kappa shape index (κ1) is 14.2. The normalized spacial score (nSPS) is 13.1. The summed E-state index contributed by atoms with van der Waals surface area (Å²) in [6.45, 7) is 2.47. The van der Waals surface area contributed by atoms with Crippen LogP contribution in [0.3, 0.4) is 0 Å². The fourth-order valence-corrected chi connectivity index (χ4v) is 1.76. The molecule has 1 unspecified atom stereocenters. The molecule has 0 fully saturated rings. The smallest absolute Gasteiger partial charge is 0.0861 e. The van der Waals surface area contributed by atoms with E-state index in [1.165, 1.54) is 0 Å². The molecule has 0 saturated heterocycles. The number of ether oxygens (including phenoxy) is 1. The summed E-state index contributed by atoms with van der Waals surface area (Å²) in [5.74, 6) is 1.63. The van der Waals surface area contributed by atoms with Crippen molar-refractivity contribution in [2.75, 3.05) is 44.9 Å². The molecule has 0 bridgehead atoms. The molecule has 1 atom stereocenters. The number of nitrogens with one attached hydrogen (secondary N) is 1. The van der Waals surface area contributed by atoms with Gasteiger partial charge in [-0.05, 0) is 18.7 Å². The number of methoxy groups -OCH3 is 1. The highest BCUT2D eigenvalue weighted by Gasteiger charge is 2.00. The highest BCUT2D eigenvalue weighted by atomic mass is 32.2. The summed E-state index contributed by atoms with van der Waals surface area (Å²) in [7, 11) is 1.69. The van der Waals surface area contributed by atoms with Crippen molar-refractivity contribution in [2.24, 2.45) is 0 Å². The van der Waals surface area contributed by atoms with Gasteiger partial charge in [0.1, 0.15) is 0 Å². The van der Waals surface area contributed by atoms with E-state index in [2.05, 4.69) is 5.32 Å². The molecular weight excluding hydrogens is 202 g/mol. The second-order valence-electron chi connectivity index (χ2n) is 3.01. The van der Waals surface area contributed by atoms with Crippen LogP contribution >= 0.6 is 11.8 Å². The van der Waals surface area contributed by atoms with Gasteiger partial charge in [-0.2, -0.15) is 11.8 Å². The number of hydrogen-bond donors (Lipinski definition) is 3. The van der Waals surface area contributed by atoms with E-state index in [1.54, 1.807) is 18.9 Å². The zero-order chi connectivity index (χ0) is 10.6. The number of thioether (sulfide) groups is 1. The molecule has 0 heterocycles. The van der Waals surface area contributed by atoms with Crippen molar-refractivity contribution < 1.29 is 14.9 Å². The van der Waals surface area contributed by atoms with Crippen LogP contribution in [-0.4, -0.2) is 61.2 Å². The van der Waals surface area contributed by atoms with Crippen molar-refractivity contribution in [1.29, 1.82) is 0 Å². The van der Waals surface area contributed by atoms with Gasteiger partial charge in [-0.25, -0.2) is 0 Å². The quantitative estimate of drug-likeness (QED) is 0.444. The van der Waals surface area contributed by atoms with Crippen LogP contribution in [0, 0.1) is 0 Å². The SMILES string of the molecule is COCCNCCCSCC(O)CO. The average Bonchev–Trinajstić information content (AvgIpc) is 2.21. The highest BCUT2D eigenvalue weighted by Crippen LogP contribution is 2.03. The largest absolute Gasteiger partial charge is 0.394 e. The molecule has 0 spiro atoms. The lowest BCUT2D eigenvalue weighted by molar-refractivity contribution is 0.113. The van der Waals surface area contributed by atoms with Gasteiger partial charge < -0.3 is 20.3 Å². The van der Waals surface area contributed by atoms with Crippen LogP contribution in [0.1, 0.15) is 6.42 Å².